The van der Waals surface area contributed by atoms with Crippen LogP contribution in [0.2, 0.25) is 0 Å². The average molecular weight is 249 g/mol. The van der Waals surface area contributed by atoms with Gasteiger partial charge in [0, 0.05) is 34.1 Å². The molecule has 4 rings (SSSR count). The predicted molar refractivity (Wildman–Crippen MR) is 75.6 cm³/mol. The van der Waals surface area contributed by atoms with Crippen LogP contribution in [0.25, 0.3) is 33.1 Å². The van der Waals surface area contributed by atoms with Crippen molar-refractivity contribution in [3.8, 4) is 11.3 Å². The van der Waals surface area contributed by atoms with E-state index in [4.69, 9.17) is 5.73 Å². The molecule has 19 heavy (non-hydrogen) atoms. The lowest BCUT2D eigenvalue weighted by molar-refractivity contribution is 1.10. The van der Waals surface area contributed by atoms with Crippen LogP contribution in [-0.4, -0.2) is 20.2 Å². The van der Waals surface area contributed by atoms with Crippen LogP contribution in [0.3, 0.4) is 0 Å². The third kappa shape index (κ3) is 1.48. The Bertz CT molecular complexity index is 887. The molecule has 5 heteroatoms. The topological polar surface area (TPSA) is 83.4 Å². The van der Waals surface area contributed by atoms with Gasteiger partial charge < -0.3 is 10.7 Å². The highest BCUT2D eigenvalue weighted by Gasteiger charge is 2.07. The molecular formula is C14H11N5. The molecule has 4 N–H and O–H groups in total. The lowest BCUT2D eigenvalue weighted by Gasteiger charge is -1.98. The van der Waals surface area contributed by atoms with E-state index in [9.17, 15) is 0 Å². The van der Waals surface area contributed by atoms with Crippen molar-refractivity contribution in [3.63, 3.8) is 0 Å². The number of hydrogen-bond donors (Lipinski definition) is 3. The lowest BCUT2D eigenvalue weighted by Crippen LogP contribution is -1.81. The lowest BCUT2D eigenvalue weighted by atomic mass is 10.1. The molecule has 0 aliphatic heterocycles. The van der Waals surface area contributed by atoms with Crippen molar-refractivity contribution < 1.29 is 0 Å². The Kier molecular flexibility index (Phi) is 1.91. The Balaban J connectivity index is 2.02. The molecule has 0 bridgehead atoms. The number of nitrogens with two attached hydrogens (primary N) is 1. The first kappa shape index (κ1) is 10.1. The van der Waals surface area contributed by atoms with E-state index >= 15 is 0 Å². The molecule has 0 saturated heterocycles. The standard InChI is InChI=1S/C14H11N5/c15-14-6-12(18-19-14)8-1-2-11-10(5-8)9-3-4-16-7-13(9)17-11/h1-7,17H,(H3,15,18,19). The van der Waals surface area contributed by atoms with E-state index in [1.165, 1.54) is 10.8 Å². The summed E-state index contributed by atoms with van der Waals surface area (Å²) in [5.41, 5.74) is 9.76. The van der Waals surface area contributed by atoms with Crippen molar-refractivity contribution in [1.29, 1.82) is 0 Å². The van der Waals surface area contributed by atoms with Gasteiger partial charge in [-0.2, -0.15) is 5.10 Å². The second kappa shape index (κ2) is 3.58. The zero-order valence-electron chi connectivity index (χ0n) is 10.0. The minimum Gasteiger partial charge on any atom is -0.382 e. The van der Waals surface area contributed by atoms with Crippen molar-refractivity contribution in [2.75, 3.05) is 5.73 Å². The largest absolute Gasteiger partial charge is 0.382 e. The maximum Gasteiger partial charge on any atom is 0.145 e. The van der Waals surface area contributed by atoms with Crippen molar-refractivity contribution in [1.82, 2.24) is 20.2 Å². The van der Waals surface area contributed by atoms with E-state index in [1.54, 1.807) is 6.20 Å². The molecule has 0 amide bonds. The molecule has 0 fully saturated rings. The van der Waals surface area contributed by atoms with Gasteiger partial charge in [0.15, 0.2) is 0 Å². The number of H-pyrrole nitrogens is 2. The number of nitrogen functional groups attached to an aromatic ring is 1. The molecule has 92 valence electrons. The van der Waals surface area contributed by atoms with Crippen molar-refractivity contribution in [2.45, 2.75) is 0 Å². The monoisotopic (exact) mass is 249 g/mol. The number of anilines is 1. The van der Waals surface area contributed by atoms with E-state index < -0.39 is 0 Å². The van der Waals surface area contributed by atoms with Gasteiger partial charge in [0.2, 0.25) is 0 Å². The van der Waals surface area contributed by atoms with Gasteiger partial charge in [-0.3, -0.25) is 10.1 Å². The highest BCUT2D eigenvalue weighted by Crippen LogP contribution is 2.29. The number of aromatic nitrogens is 4. The van der Waals surface area contributed by atoms with Crippen molar-refractivity contribution in [2.24, 2.45) is 0 Å². The summed E-state index contributed by atoms with van der Waals surface area (Å²) in [5, 5.41) is 9.22. The summed E-state index contributed by atoms with van der Waals surface area (Å²) in [6, 6.07) is 10.1. The predicted octanol–water partition coefficient (Wildman–Crippen LogP) is 2.69. The van der Waals surface area contributed by atoms with Crippen molar-refractivity contribution in [3.05, 3.63) is 42.7 Å². The van der Waals surface area contributed by atoms with Crippen LogP contribution in [0.15, 0.2) is 42.7 Å². The maximum absolute atomic E-state index is 5.64. The molecule has 1 aromatic carbocycles. The molecule has 3 aromatic heterocycles. The molecule has 0 aliphatic carbocycles. The van der Waals surface area contributed by atoms with E-state index in [1.807, 2.05) is 24.4 Å². The van der Waals surface area contributed by atoms with Crippen LogP contribution >= 0.6 is 0 Å². The van der Waals surface area contributed by atoms with Gasteiger partial charge in [0.1, 0.15) is 5.82 Å². The number of benzene rings is 1. The number of rotatable bonds is 1. The minimum atomic E-state index is 0.498. The average Bonchev–Trinajstić information content (AvgIpc) is 3.01. The molecule has 0 aliphatic rings. The Morgan fingerprint density at radius 2 is 1.95 bits per heavy atom. The Morgan fingerprint density at radius 1 is 1.00 bits per heavy atom. The number of hydrogen-bond acceptors (Lipinski definition) is 3. The number of pyridine rings is 1. The molecule has 4 aromatic rings. The molecule has 5 nitrogen and oxygen atoms in total. The molecule has 3 heterocycles. The first-order chi connectivity index (χ1) is 9.31. The third-order valence-electron chi connectivity index (χ3n) is 3.31. The van der Waals surface area contributed by atoms with Crippen LogP contribution in [-0.2, 0) is 0 Å². The van der Waals surface area contributed by atoms with Gasteiger partial charge >= 0.3 is 0 Å². The first-order valence-electron chi connectivity index (χ1n) is 5.98. The van der Waals surface area contributed by atoms with E-state index in [0.717, 1.165) is 22.3 Å². The summed E-state index contributed by atoms with van der Waals surface area (Å²) in [7, 11) is 0. The van der Waals surface area contributed by atoms with Crippen LogP contribution in [0.4, 0.5) is 5.82 Å². The van der Waals surface area contributed by atoms with Gasteiger partial charge in [0.25, 0.3) is 0 Å². The Labute approximate surface area is 108 Å². The van der Waals surface area contributed by atoms with Gasteiger partial charge in [0.05, 0.1) is 17.4 Å². The third-order valence-corrected chi connectivity index (χ3v) is 3.31. The van der Waals surface area contributed by atoms with Crippen LogP contribution < -0.4 is 5.73 Å². The summed E-state index contributed by atoms with van der Waals surface area (Å²) >= 11 is 0. The van der Waals surface area contributed by atoms with E-state index in [0.29, 0.717) is 5.82 Å². The molecule has 0 radical (unpaired) electrons. The number of fused-ring (bicyclic) bond motifs is 3. The Morgan fingerprint density at radius 3 is 2.79 bits per heavy atom. The summed E-state index contributed by atoms with van der Waals surface area (Å²) in [6.07, 6.45) is 3.64. The highest BCUT2D eigenvalue weighted by atomic mass is 15.2. The maximum atomic E-state index is 5.64. The summed E-state index contributed by atoms with van der Waals surface area (Å²) < 4.78 is 0. The summed E-state index contributed by atoms with van der Waals surface area (Å²) in [4.78, 5) is 7.48. The van der Waals surface area contributed by atoms with Gasteiger partial charge in [-0.1, -0.05) is 6.07 Å². The minimum absolute atomic E-state index is 0.498. The fourth-order valence-electron chi connectivity index (χ4n) is 2.40. The molecule has 0 spiro atoms. The van der Waals surface area contributed by atoms with E-state index in [-0.39, 0.29) is 0 Å². The van der Waals surface area contributed by atoms with Crippen LogP contribution in [0.5, 0.6) is 0 Å². The molecule has 0 atom stereocenters. The zero-order valence-corrected chi connectivity index (χ0v) is 10.0. The van der Waals surface area contributed by atoms with Crippen LogP contribution in [0.1, 0.15) is 0 Å². The number of aromatic amines is 2. The number of nitrogens with one attached hydrogen (secondary N) is 2. The zero-order chi connectivity index (χ0) is 12.8. The Hall–Kier alpha value is -2.82. The van der Waals surface area contributed by atoms with Gasteiger partial charge in [-0.15, -0.1) is 0 Å². The SMILES string of the molecule is Nc1cc(-c2ccc3[nH]c4cnccc4c3c2)[nH]n1. The fourth-order valence-corrected chi connectivity index (χ4v) is 2.40. The number of nitrogens with zero attached hydrogens (tertiary/aromatic N) is 2. The molecular weight excluding hydrogens is 238 g/mol. The van der Waals surface area contributed by atoms with Gasteiger partial charge in [-0.05, 0) is 18.2 Å². The highest BCUT2D eigenvalue weighted by molar-refractivity contribution is 6.08. The van der Waals surface area contributed by atoms with Gasteiger partial charge in [-0.25, -0.2) is 0 Å². The molecule has 0 unspecified atom stereocenters. The first-order valence-corrected chi connectivity index (χ1v) is 5.98. The molecule has 0 saturated carbocycles. The summed E-state index contributed by atoms with van der Waals surface area (Å²) in [6.45, 7) is 0. The van der Waals surface area contributed by atoms with Crippen LogP contribution in [0, 0.1) is 0 Å². The normalized spacial score (nSPS) is 11.4. The van der Waals surface area contributed by atoms with E-state index in [2.05, 4.69) is 32.3 Å². The second-order valence-electron chi connectivity index (χ2n) is 4.51. The fraction of sp³-hybridized carbons (Fsp3) is 0. The smallest absolute Gasteiger partial charge is 0.145 e. The quantitative estimate of drug-likeness (QED) is 0.485. The summed E-state index contributed by atoms with van der Waals surface area (Å²) in [5.74, 6) is 0.498. The second-order valence-corrected chi connectivity index (χ2v) is 4.51. The van der Waals surface area contributed by atoms with Crippen molar-refractivity contribution >= 4 is 27.6 Å².